The first kappa shape index (κ1) is 14.3. The smallest absolute Gasteiger partial charge is 0.0743 e. The van der Waals surface area contributed by atoms with Crippen LogP contribution in [-0.2, 0) is 4.74 Å². The van der Waals surface area contributed by atoms with E-state index in [4.69, 9.17) is 10.5 Å². The van der Waals surface area contributed by atoms with Crippen LogP contribution in [-0.4, -0.2) is 43.3 Å². The Hall–Kier alpha value is -0.120. The summed E-state index contributed by atoms with van der Waals surface area (Å²) < 4.78 is 5.85. The number of hydrogen-bond acceptors (Lipinski definition) is 3. The third kappa shape index (κ3) is 3.46. The molecule has 2 N–H and O–H groups in total. The highest BCUT2D eigenvalue weighted by atomic mass is 16.5. The molecule has 0 spiro atoms. The topological polar surface area (TPSA) is 38.5 Å². The molecule has 2 aliphatic rings. The van der Waals surface area contributed by atoms with E-state index in [-0.39, 0.29) is 0 Å². The highest BCUT2D eigenvalue weighted by Gasteiger charge is 2.31. The monoisotopic (exact) mass is 254 g/mol. The lowest BCUT2D eigenvalue weighted by molar-refractivity contribution is 0.0279. The lowest BCUT2D eigenvalue weighted by atomic mass is 9.89. The van der Waals surface area contributed by atoms with E-state index in [1.54, 1.807) is 0 Å². The molecule has 0 aromatic heterocycles. The summed E-state index contributed by atoms with van der Waals surface area (Å²) in [6.45, 7) is 8.83. The van der Waals surface area contributed by atoms with E-state index in [1.807, 2.05) is 0 Å². The maximum absolute atomic E-state index is 6.01. The van der Waals surface area contributed by atoms with Crippen molar-refractivity contribution in [1.29, 1.82) is 0 Å². The molecule has 0 bridgehead atoms. The maximum atomic E-state index is 6.01. The molecule has 3 nitrogen and oxygen atoms in total. The van der Waals surface area contributed by atoms with Crippen LogP contribution in [0.2, 0.25) is 0 Å². The zero-order valence-electron chi connectivity index (χ0n) is 12.1. The van der Waals surface area contributed by atoms with Crippen molar-refractivity contribution in [3.63, 3.8) is 0 Å². The number of nitrogens with zero attached hydrogens (tertiary/aromatic N) is 1. The molecule has 2 fully saturated rings. The molecule has 3 unspecified atom stereocenters. The van der Waals surface area contributed by atoms with Crippen LogP contribution >= 0.6 is 0 Å². The SMILES string of the molecule is CC(C)C1CCCN(C(CN)C2CCCO2)CC1. The maximum Gasteiger partial charge on any atom is 0.0743 e. The predicted octanol–water partition coefficient (Wildman–Crippen LogP) is 2.25. The third-order valence-electron chi connectivity index (χ3n) is 4.85. The minimum atomic E-state index is 0.394. The molecule has 2 saturated heterocycles. The van der Waals surface area contributed by atoms with Crippen LogP contribution in [0.3, 0.4) is 0 Å². The first-order valence-corrected chi connectivity index (χ1v) is 7.78. The largest absolute Gasteiger partial charge is 0.377 e. The molecule has 106 valence electrons. The molecule has 0 radical (unpaired) electrons. The van der Waals surface area contributed by atoms with E-state index in [0.29, 0.717) is 12.1 Å². The van der Waals surface area contributed by atoms with E-state index in [2.05, 4.69) is 18.7 Å². The molecule has 0 aromatic rings. The van der Waals surface area contributed by atoms with Crippen LogP contribution in [0.25, 0.3) is 0 Å². The van der Waals surface area contributed by atoms with Gasteiger partial charge in [0.15, 0.2) is 0 Å². The Morgan fingerprint density at radius 1 is 1.17 bits per heavy atom. The van der Waals surface area contributed by atoms with Crippen molar-refractivity contribution in [2.24, 2.45) is 17.6 Å². The number of ether oxygens (including phenoxy) is 1. The van der Waals surface area contributed by atoms with Crippen molar-refractivity contribution in [3.05, 3.63) is 0 Å². The predicted molar refractivity (Wildman–Crippen MR) is 75.6 cm³/mol. The minimum absolute atomic E-state index is 0.394. The van der Waals surface area contributed by atoms with E-state index in [1.165, 1.54) is 45.2 Å². The molecule has 0 amide bonds. The second-order valence-electron chi connectivity index (χ2n) is 6.33. The Kier molecular flexibility index (Phi) is 5.46. The van der Waals surface area contributed by atoms with Gasteiger partial charge in [-0.05, 0) is 57.0 Å². The van der Waals surface area contributed by atoms with Crippen molar-refractivity contribution < 1.29 is 4.74 Å². The van der Waals surface area contributed by atoms with Gasteiger partial charge in [-0.15, -0.1) is 0 Å². The fourth-order valence-corrected chi connectivity index (χ4v) is 3.58. The average Bonchev–Trinajstić information content (AvgIpc) is 2.75. The van der Waals surface area contributed by atoms with Crippen LogP contribution < -0.4 is 5.73 Å². The summed E-state index contributed by atoms with van der Waals surface area (Å²) >= 11 is 0. The van der Waals surface area contributed by atoms with Gasteiger partial charge in [-0.25, -0.2) is 0 Å². The molecule has 3 atom stereocenters. The van der Waals surface area contributed by atoms with Gasteiger partial charge in [-0.2, -0.15) is 0 Å². The summed E-state index contributed by atoms with van der Waals surface area (Å²) in [6.07, 6.45) is 6.85. The van der Waals surface area contributed by atoms with Gasteiger partial charge >= 0.3 is 0 Å². The van der Waals surface area contributed by atoms with Crippen molar-refractivity contribution >= 4 is 0 Å². The summed E-state index contributed by atoms with van der Waals surface area (Å²) in [5.74, 6) is 1.72. The summed E-state index contributed by atoms with van der Waals surface area (Å²) in [6, 6.07) is 0.457. The first-order chi connectivity index (χ1) is 8.72. The summed E-state index contributed by atoms with van der Waals surface area (Å²) in [5, 5.41) is 0. The Morgan fingerprint density at radius 3 is 2.61 bits per heavy atom. The molecule has 0 aliphatic carbocycles. The lowest BCUT2D eigenvalue weighted by Gasteiger charge is -2.33. The molecule has 3 heteroatoms. The molecular weight excluding hydrogens is 224 g/mol. The molecule has 0 saturated carbocycles. The fourth-order valence-electron chi connectivity index (χ4n) is 3.58. The van der Waals surface area contributed by atoms with Gasteiger partial charge in [0.1, 0.15) is 0 Å². The molecule has 2 aliphatic heterocycles. The highest BCUT2D eigenvalue weighted by molar-refractivity contribution is 4.86. The summed E-state index contributed by atoms with van der Waals surface area (Å²) in [4.78, 5) is 2.61. The zero-order chi connectivity index (χ0) is 13.0. The normalized spacial score (nSPS) is 32.7. The minimum Gasteiger partial charge on any atom is -0.377 e. The molecule has 2 heterocycles. The quantitative estimate of drug-likeness (QED) is 0.836. The summed E-state index contributed by atoms with van der Waals surface area (Å²) in [5.41, 5.74) is 6.01. The van der Waals surface area contributed by atoms with Gasteiger partial charge in [0.05, 0.1) is 6.10 Å². The van der Waals surface area contributed by atoms with E-state index < -0.39 is 0 Å². The van der Waals surface area contributed by atoms with E-state index in [0.717, 1.165) is 25.0 Å². The van der Waals surface area contributed by atoms with Crippen molar-refractivity contribution in [3.8, 4) is 0 Å². The molecule has 2 rings (SSSR count). The van der Waals surface area contributed by atoms with Crippen molar-refractivity contribution in [1.82, 2.24) is 4.90 Å². The number of rotatable bonds is 4. The van der Waals surface area contributed by atoms with Crippen LogP contribution in [0.4, 0.5) is 0 Å². The molecule has 0 aromatic carbocycles. The Morgan fingerprint density at radius 2 is 2.00 bits per heavy atom. The van der Waals surface area contributed by atoms with Crippen LogP contribution in [0.5, 0.6) is 0 Å². The Labute approximate surface area is 112 Å². The molecule has 18 heavy (non-hydrogen) atoms. The lowest BCUT2D eigenvalue weighted by Crippen LogP contribution is -2.48. The van der Waals surface area contributed by atoms with Gasteiger partial charge in [0.25, 0.3) is 0 Å². The summed E-state index contributed by atoms with van der Waals surface area (Å²) in [7, 11) is 0. The fraction of sp³-hybridized carbons (Fsp3) is 1.00. The van der Waals surface area contributed by atoms with Crippen LogP contribution in [0, 0.1) is 11.8 Å². The number of nitrogens with two attached hydrogens (primary N) is 1. The highest BCUT2D eigenvalue weighted by Crippen LogP contribution is 2.27. The Bertz CT molecular complexity index is 239. The van der Waals surface area contributed by atoms with Gasteiger partial charge in [0, 0.05) is 19.2 Å². The zero-order valence-corrected chi connectivity index (χ0v) is 12.1. The van der Waals surface area contributed by atoms with Gasteiger partial charge in [-0.3, -0.25) is 4.90 Å². The van der Waals surface area contributed by atoms with Gasteiger partial charge < -0.3 is 10.5 Å². The second-order valence-corrected chi connectivity index (χ2v) is 6.33. The van der Waals surface area contributed by atoms with Crippen molar-refractivity contribution in [2.75, 3.05) is 26.2 Å². The number of likely N-dealkylation sites (tertiary alicyclic amines) is 1. The van der Waals surface area contributed by atoms with Gasteiger partial charge in [-0.1, -0.05) is 13.8 Å². The van der Waals surface area contributed by atoms with Crippen molar-refractivity contribution in [2.45, 2.75) is 58.1 Å². The molecular formula is C15H30N2O. The standard InChI is InChI=1S/C15H30N2O/c1-12(2)13-5-3-8-17(9-7-13)14(11-16)15-6-4-10-18-15/h12-15H,3-11,16H2,1-2H3. The average molecular weight is 254 g/mol. The number of hydrogen-bond donors (Lipinski definition) is 1. The van der Waals surface area contributed by atoms with E-state index >= 15 is 0 Å². The Balaban J connectivity index is 1.90. The van der Waals surface area contributed by atoms with Crippen LogP contribution in [0.15, 0.2) is 0 Å². The first-order valence-electron chi connectivity index (χ1n) is 7.78. The second kappa shape index (κ2) is 6.88. The van der Waals surface area contributed by atoms with E-state index in [9.17, 15) is 0 Å². The third-order valence-corrected chi connectivity index (χ3v) is 4.85. The van der Waals surface area contributed by atoms with Crippen LogP contribution in [0.1, 0.15) is 46.0 Å². The van der Waals surface area contributed by atoms with Gasteiger partial charge in [0.2, 0.25) is 0 Å².